The fourth-order valence-corrected chi connectivity index (χ4v) is 4.00. The fourth-order valence-electron chi connectivity index (χ4n) is 4.00. The summed E-state index contributed by atoms with van der Waals surface area (Å²) in [7, 11) is 0. The molecule has 0 radical (unpaired) electrons. The van der Waals surface area contributed by atoms with E-state index < -0.39 is 0 Å². The van der Waals surface area contributed by atoms with E-state index in [1.54, 1.807) is 4.90 Å². The van der Waals surface area contributed by atoms with Gasteiger partial charge in [0.25, 0.3) is 0 Å². The number of aliphatic imine (C=N–C) groups is 1. The summed E-state index contributed by atoms with van der Waals surface area (Å²) in [5.74, 6) is -0.309. The van der Waals surface area contributed by atoms with Crippen molar-refractivity contribution in [2.75, 3.05) is 18.0 Å². The standard InChI is InChI=1S/C23H25N3O2/c27-22(24-15-7-10-17-8-2-1-3-9-17)16-26-21-14-5-4-12-20(21)25-19-13-6-11-18(19)23(26)28/h1-5,8-9,12,14,18H,6-7,10-11,13,15-16H2,(H,24,27)/t18-/m0/s1. The first-order chi connectivity index (χ1) is 13.7. The molecule has 5 nitrogen and oxygen atoms in total. The molecule has 1 aliphatic heterocycles. The fraction of sp³-hybridized carbons (Fsp3) is 0.348. The number of carbonyl (C=O) groups is 2. The average molecular weight is 375 g/mol. The first kappa shape index (κ1) is 18.4. The molecule has 28 heavy (non-hydrogen) atoms. The van der Waals surface area contributed by atoms with Crippen LogP contribution in [0.25, 0.3) is 0 Å². The lowest BCUT2D eigenvalue weighted by Crippen LogP contribution is -2.44. The predicted molar refractivity (Wildman–Crippen MR) is 111 cm³/mol. The van der Waals surface area contributed by atoms with E-state index in [2.05, 4.69) is 17.4 Å². The highest BCUT2D eigenvalue weighted by Crippen LogP contribution is 2.37. The van der Waals surface area contributed by atoms with Crippen molar-refractivity contribution >= 4 is 28.9 Å². The topological polar surface area (TPSA) is 61.8 Å². The normalized spacial score (nSPS) is 18.1. The molecule has 2 aliphatic rings. The molecule has 2 amide bonds. The Kier molecular flexibility index (Phi) is 5.51. The maximum absolute atomic E-state index is 13.1. The summed E-state index contributed by atoms with van der Waals surface area (Å²) in [4.78, 5) is 32.0. The van der Waals surface area contributed by atoms with Crippen LogP contribution < -0.4 is 10.2 Å². The van der Waals surface area contributed by atoms with Crippen molar-refractivity contribution in [3.05, 3.63) is 60.2 Å². The second-order valence-corrected chi connectivity index (χ2v) is 7.40. The van der Waals surface area contributed by atoms with Gasteiger partial charge in [0, 0.05) is 12.3 Å². The molecule has 1 heterocycles. The molecule has 1 saturated carbocycles. The summed E-state index contributed by atoms with van der Waals surface area (Å²) in [6.07, 6.45) is 4.46. The van der Waals surface area contributed by atoms with Crippen molar-refractivity contribution in [2.24, 2.45) is 10.9 Å². The minimum Gasteiger partial charge on any atom is -0.355 e. The number of benzene rings is 2. The summed E-state index contributed by atoms with van der Waals surface area (Å²) in [6, 6.07) is 17.8. The number of hydrogen-bond donors (Lipinski definition) is 1. The van der Waals surface area contributed by atoms with Crippen molar-refractivity contribution in [3.8, 4) is 0 Å². The second-order valence-electron chi connectivity index (χ2n) is 7.40. The van der Waals surface area contributed by atoms with E-state index >= 15 is 0 Å². The summed E-state index contributed by atoms with van der Waals surface area (Å²) in [5.41, 5.74) is 3.74. The molecule has 1 fully saturated rings. The van der Waals surface area contributed by atoms with Gasteiger partial charge in [-0.25, -0.2) is 0 Å². The summed E-state index contributed by atoms with van der Waals surface area (Å²) in [6.45, 7) is 0.642. The quantitative estimate of drug-likeness (QED) is 0.784. The van der Waals surface area contributed by atoms with Gasteiger partial charge in [-0.05, 0) is 49.8 Å². The number of anilines is 1. The summed E-state index contributed by atoms with van der Waals surface area (Å²) in [5, 5.41) is 2.96. The van der Waals surface area contributed by atoms with Crippen LogP contribution in [-0.4, -0.2) is 30.6 Å². The molecule has 144 valence electrons. The Morgan fingerprint density at radius 3 is 2.75 bits per heavy atom. The first-order valence-electron chi connectivity index (χ1n) is 10.0. The molecule has 1 aliphatic carbocycles. The van der Waals surface area contributed by atoms with Gasteiger partial charge < -0.3 is 10.2 Å². The minimum absolute atomic E-state index is 0.000588. The first-order valence-corrected chi connectivity index (χ1v) is 10.0. The van der Waals surface area contributed by atoms with Crippen molar-refractivity contribution in [1.29, 1.82) is 0 Å². The second kappa shape index (κ2) is 8.38. The number of aryl methyl sites for hydroxylation is 1. The van der Waals surface area contributed by atoms with E-state index in [1.165, 1.54) is 5.56 Å². The zero-order valence-electron chi connectivity index (χ0n) is 15.9. The van der Waals surface area contributed by atoms with E-state index in [4.69, 9.17) is 4.99 Å². The molecule has 4 rings (SSSR count). The molecular weight excluding hydrogens is 350 g/mol. The number of hydrogen-bond acceptors (Lipinski definition) is 3. The van der Waals surface area contributed by atoms with Crippen LogP contribution in [0.1, 0.15) is 31.2 Å². The van der Waals surface area contributed by atoms with Gasteiger partial charge in [-0.2, -0.15) is 0 Å². The number of para-hydroxylation sites is 2. The number of fused-ring (bicyclic) bond motifs is 2. The maximum Gasteiger partial charge on any atom is 0.240 e. The van der Waals surface area contributed by atoms with Crippen molar-refractivity contribution < 1.29 is 9.59 Å². The number of nitrogens with zero attached hydrogens (tertiary/aromatic N) is 2. The zero-order chi connectivity index (χ0) is 19.3. The van der Waals surface area contributed by atoms with E-state index in [0.29, 0.717) is 6.54 Å². The van der Waals surface area contributed by atoms with Crippen LogP contribution in [0.15, 0.2) is 59.6 Å². The molecule has 0 aromatic heterocycles. The Balaban J connectivity index is 1.39. The van der Waals surface area contributed by atoms with Crippen LogP contribution in [0, 0.1) is 5.92 Å². The number of rotatable bonds is 6. The third kappa shape index (κ3) is 3.98. The smallest absolute Gasteiger partial charge is 0.240 e. The summed E-state index contributed by atoms with van der Waals surface area (Å²) < 4.78 is 0. The molecular formula is C23H25N3O2. The molecule has 1 N–H and O–H groups in total. The largest absolute Gasteiger partial charge is 0.355 e. The minimum atomic E-state index is -0.182. The van der Waals surface area contributed by atoms with Crippen LogP contribution in [0.2, 0.25) is 0 Å². The number of nitrogens with one attached hydrogen (secondary N) is 1. The molecule has 5 heteroatoms. The Bertz CT molecular complexity index is 892. The third-order valence-electron chi connectivity index (χ3n) is 5.44. The van der Waals surface area contributed by atoms with Gasteiger partial charge in [-0.1, -0.05) is 42.5 Å². The van der Waals surface area contributed by atoms with E-state index in [0.717, 1.165) is 49.2 Å². The predicted octanol–water partition coefficient (Wildman–Crippen LogP) is 3.65. The van der Waals surface area contributed by atoms with Crippen LogP contribution in [0.5, 0.6) is 0 Å². The van der Waals surface area contributed by atoms with E-state index in [-0.39, 0.29) is 24.3 Å². The van der Waals surface area contributed by atoms with E-state index in [9.17, 15) is 9.59 Å². The Morgan fingerprint density at radius 2 is 1.89 bits per heavy atom. The zero-order valence-corrected chi connectivity index (χ0v) is 15.9. The molecule has 1 atom stereocenters. The van der Waals surface area contributed by atoms with Crippen LogP contribution in [0.3, 0.4) is 0 Å². The maximum atomic E-state index is 13.1. The van der Waals surface area contributed by atoms with Crippen LogP contribution >= 0.6 is 0 Å². The van der Waals surface area contributed by atoms with Crippen molar-refractivity contribution in [2.45, 2.75) is 32.1 Å². The Morgan fingerprint density at radius 1 is 1.11 bits per heavy atom. The van der Waals surface area contributed by atoms with Gasteiger partial charge >= 0.3 is 0 Å². The Hall–Kier alpha value is -2.95. The van der Waals surface area contributed by atoms with E-state index in [1.807, 2.05) is 42.5 Å². The van der Waals surface area contributed by atoms with Crippen molar-refractivity contribution in [1.82, 2.24) is 5.32 Å². The lowest BCUT2D eigenvalue weighted by atomic mass is 10.1. The third-order valence-corrected chi connectivity index (χ3v) is 5.44. The van der Waals surface area contributed by atoms with Crippen LogP contribution in [-0.2, 0) is 16.0 Å². The molecule has 0 spiro atoms. The average Bonchev–Trinajstić information content (AvgIpc) is 3.15. The van der Waals surface area contributed by atoms with Gasteiger partial charge in [0.2, 0.25) is 11.8 Å². The molecule has 0 saturated heterocycles. The number of amides is 2. The lowest BCUT2D eigenvalue weighted by Gasteiger charge is -2.24. The molecule has 0 bridgehead atoms. The monoisotopic (exact) mass is 375 g/mol. The number of carbonyl (C=O) groups excluding carboxylic acids is 2. The van der Waals surface area contributed by atoms with Crippen molar-refractivity contribution in [3.63, 3.8) is 0 Å². The van der Waals surface area contributed by atoms with Gasteiger partial charge in [0.15, 0.2) is 0 Å². The molecule has 0 unspecified atom stereocenters. The SMILES string of the molecule is O=C(CN1C(=O)[C@H]2CCCC2=Nc2ccccc21)NCCCc1ccccc1. The highest BCUT2D eigenvalue weighted by atomic mass is 16.2. The van der Waals surface area contributed by atoms with Gasteiger partial charge in [-0.3, -0.25) is 14.6 Å². The van der Waals surface area contributed by atoms with Gasteiger partial charge in [-0.15, -0.1) is 0 Å². The van der Waals surface area contributed by atoms with Gasteiger partial charge in [0.05, 0.1) is 17.3 Å². The molecule has 2 aromatic rings. The highest BCUT2D eigenvalue weighted by Gasteiger charge is 2.36. The molecule has 2 aromatic carbocycles. The highest BCUT2D eigenvalue weighted by molar-refractivity contribution is 6.16. The summed E-state index contributed by atoms with van der Waals surface area (Å²) >= 11 is 0. The van der Waals surface area contributed by atoms with Crippen LogP contribution in [0.4, 0.5) is 11.4 Å². The Labute approximate surface area is 165 Å². The lowest BCUT2D eigenvalue weighted by molar-refractivity contribution is -0.124. The van der Waals surface area contributed by atoms with Gasteiger partial charge in [0.1, 0.15) is 6.54 Å².